The van der Waals surface area contributed by atoms with Crippen molar-refractivity contribution < 1.29 is 23.9 Å². The zero-order chi connectivity index (χ0) is 20.9. The summed E-state index contributed by atoms with van der Waals surface area (Å²) in [4.78, 5) is 40.1. The lowest BCUT2D eigenvalue weighted by molar-refractivity contribution is -0.137. The molecule has 2 heterocycles. The van der Waals surface area contributed by atoms with Crippen molar-refractivity contribution in [2.75, 3.05) is 12.1 Å². The Hall–Kier alpha value is -3.55. The molecule has 1 saturated heterocycles. The van der Waals surface area contributed by atoms with Crippen molar-refractivity contribution in [3.05, 3.63) is 53.6 Å². The largest absolute Gasteiger partial charge is 0.454 e. The van der Waals surface area contributed by atoms with Crippen LogP contribution in [-0.4, -0.2) is 35.6 Å². The summed E-state index contributed by atoms with van der Waals surface area (Å²) in [5.74, 6) is 0.299. The number of carbonyl (C=O) groups is 3. The van der Waals surface area contributed by atoms with E-state index in [9.17, 15) is 14.4 Å². The molecule has 30 heavy (non-hydrogen) atoms. The van der Waals surface area contributed by atoms with Gasteiger partial charge >= 0.3 is 6.03 Å². The molecule has 1 aliphatic carbocycles. The van der Waals surface area contributed by atoms with Crippen LogP contribution in [0.25, 0.3) is 0 Å². The van der Waals surface area contributed by atoms with Crippen molar-refractivity contribution in [3.63, 3.8) is 0 Å². The number of nitrogens with one attached hydrogen (secondary N) is 2. The molecule has 2 aromatic rings. The number of urea groups is 1. The van der Waals surface area contributed by atoms with Crippen LogP contribution in [0.5, 0.6) is 11.5 Å². The van der Waals surface area contributed by atoms with E-state index < -0.39 is 23.5 Å². The van der Waals surface area contributed by atoms with Crippen LogP contribution in [0.1, 0.15) is 30.9 Å². The Bertz CT molecular complexity index is 1070. The third kappa shape index (κ3) is 2.71. The maximum atomic E-state index is 13.4. The van der Waals surface area contributed by atoms with E-state index in [2.05, 4.69) is 10.6 Å². The first-order chi connectivity index (χ1) is 14.5. The summed E-state index contributed by atoms with van der Waals surface area (Å²) in [6.45, 7) is 1.68. The normalized spacial score (nSPS) is 22.6. The molecule has 8 nitrogen and oxygen atoms in total. The SMILES string of the molecule is C[C@H](C(=O)Nc1ccc2c(c1)OCO2)N1C(=O)N[C@]2(CCCc3ccccc32)C1=O. The molecule has 2 atom stereocenters. The Morgan fingerprint density at radius 2 is 1.97 bits per heavy atom. The van der Waals surface area contributed by atoms with Crippen LogP contribution >= 0.6 is 0 Å². The minimum atomic E-state index is -1.10. The van der Waals surface area contributed by atoms with Crippen molar-refractivity contribution in [1.82, 2.24) is 10.2 Å². The second kappa shape index (κ2) is 6.76. The number of imide groups is 1. The van der Waals surface area contributed by atoms with E-state index in [0.29, 0.717) is 23.6 Å². The van der Waals surface area contributed by atoms with E-state index in [1.54, 1.807) is 25.1 Å². The number of carbonyl (C=O) groups excluding carboxylic acids is 3. The van der Waals surface area contributed by atoms with Gasteiger partial charge in [0.25, 0.3) is 5.91 Å². The van der Waals surface area contributed by atoms with Gasteiger partial charge in [0.15, 0.2) is 11.5 Å². The Labute approximate surface area is 173 Å². The summed E-state index contributed by atoms with van der Waals surface area (Å²) < 4.78 is 10.6. The fourth-order valence-corrected chi connectivity index (χ4v) is 4.47. The first-order valence-electron chi connectivity index (χ1n) is 9.94. The zero-order valence-corrected chi connectivity index (χ0v) is 16.4. The first-order valence-corrected chi connectivity index (χ1v) is 9.94. The van der Waals surface area contributed by atoms with Gasteiger partial charge in [-0.1, -0.05) is 24.3 Å². The van der Waals surface area contributed by atoms with Crippen LogP contribution in [0.4, 0.5) is 10.5 Å². The lowest BCUT2D eigenvalue weighted by Gasteiger charge is -2.33. The van der Waals surface area contributed by atoms with Gasteiger partial charge < -0.3 is 20.1 Å². The Kier molecular flexibility index (Phi) is 4.16. The summed E-state index contributed by atoms with van der Waals surface area (Å²) in [6, 6.07) is 11.2. The highest BCUT2D eigenvalue weighted by Crippen LogP contribution is 2.40. The van der Waals surface area contributed by atoms with Crippen molar-refractivity contribution >= 4 is 23.5 Å². The molecule has 5 rings (SSSR count). The number of nitrogens with zero attached hydrogens (tertiary/aromatic N) is 1. The average Bonchev–Trinajstić information content (AvgIpc) is 3.30. The molecule has 1 fully saturated rings. The molecule has 0 unspecified atom stereocenters. The minimum Gasteiger partial charge on any atom is -0.454 e. The van der Waals surface area contributed by atoms with Gasteiger partial charge in [0.2, 0.25) is 12.7 Å². The third-order valence-corrected chi connectivity index (χ3v) is 6.00. The minimum absolute atomic E-state index is 0.134. The molecule has 2 aromatic carbocycles. The summed E-state index contributed by atoms with van der Waals surface area (Å²) in [6.07, 6.45) is 2.16. The van der Waals surface area contributed by atoms with Crippen LogP contribution < -0.4 is 20.1 Å². The number of aryl methyl sites for hydroxylation is 1. The van der Waals surface area contributed by atoms with Gasteiger partial charge in [-0.3, -0.25) is 9.59 Å². The highest BCUT2D eigenvalue weighted by Gasteiger charge is 2.55. The van der Waals surface area contributed by atoms with E-state index in [-0.39, 0.29) is 12.7 Å². The van der Waals surface area contributed by atoms with Gasteiger partial charge in [-0.15, -0.1) is 0 Å². The van der Waals surface area contributed by atoms with E-state index in [0.717, 1.165) is 28.9 Å². The van der Waals surface area contributed by atoms with Gasteiger partial charge in [0.05, 0.1) is 0 Å². The maximum absolute atomic E-state index is 13.4. The molecular formula is C22H21N3O5. The van der Waals surface area contributed by atoms with Gasteiger partial charge in [-0.05, 0) is 49.4 Å². The molecule has 0 radical (unpaired) electrons. The van der Waals surface area contributed by atoms with E-state index >= 15 is 0 Å². The van der Waals surface area contributed by atoms with E-state index in [4.69, 9.17) is 9.47 Å². The van der Waals surface area contributed by atoms with Gasteiger partial charge in [-0.2, -0.15) is 0 Å². The fourth-order valence-electron chi connectivity index (χ4n) is 4.47. The second-order valence-corrected chi connectivity index (χ2v) is 7.75. The third-order valence-electron chi connectivity index (χ3n) is 6.00. The molecule has 4 amide bonds. The quantitative estimate of drug-likeness (QED) is 0.762. The smallest absolute Gasteiger partial charge is 0.326 e. The highest BCUT2D eigenvalue weighted by molar-refractivity contribution is 6.11. The standard InChI is InChI=1S/C22H21N3O5/c1-13(19(26)23-15-8-9-17-18(11-15)30-12-29-17)25-20(27)22(24-21(25)28)10-4-6-14-5-2-3-7-16(14)22/h2-3,5,7-9,11,13H,4,6,10,12H2,1H3,(H,23,26)(H,24,28)/t13-,22+/m1/s1. The van der Waals surface area contributed by atoms with Gasteiger partial charge in [-0.25, -0.2) is 9.69 Å². The van der Waals surface area contributed by atoms with Crippen LogP contribution in [0.3, 0.4) is 0 Å². The van der Waals surface area contributed by atoms with Crippen LogP contribution in [0.2, 0.25) is 0 Å². The molecule has 154 valence electrons. The first kappa shape index (κ1) is 18.5. The molecule has 2 N–H and O–H groups in total. The van der Waals surface area contributed by atoms with Crippen molar-refractivity contribution in [2.24, 2.45) is 0 Å². The number of rotatable bonds is 3. The van der Waals surface area contributed by atoms with Crippen molar-refractivity contribution in [1.29, 1.82) is 0 Å². The number of amides is 4. The Balaban J connectivity index is 1.39. The van der Waals surface area contributed by atoms with Crippen LogP contribution in [0.15, 0.2) is 42.5 Å². The lowest BCUT2D eigenvalue weighted by Crippen LogP contribution is -2.49. The van der Waals surface area contributed by atoms with Crippen LogP contribution in [0, 0.1) is 0 Å². The van der Waals surface area contributed by atoms with E-state index in [1.165, 1.54) is 0 Å². The number of hydrogen-bond donors (Lipinski definition) is 2. The summed E-state index contributed by atoms with van der Waals surface area (Å²) in [7, 11) is 0. The predicted molar refractivity (Wildman–Crippen MR) is 107 cm³/mol. The monoisotopic (exact) mass is 407 g/mol. The number of anilines is 1. The van der Waals surface area contributed by atoms with E-state index in [1.807, 2.05) is 24.3 Å². The van der Waals surface area contributed by atoms with Crippen molar-refractivity contribution in [3.8, 4) is 11.5 Å². The number of ether oxygens (including phenoxy) is 2. The molecule has 0 aromatic heterocycles. The van der Waals surface area contributed by atoms with Gasteiger partial charge in [0, 0.05) is 11.8 Å². The molecule has 0 saturated carbocycles. The number of hydrogen-bond acceptors (Lipinski definition) is 5. The molecule has 3 aliphatic rings. The molecule has 0 bridgehead atoms. The summed E-state index contributed by atoms with van der Waals surface area (Å²) in [5.41, 5.74) is 1.28. The number of fused-ring (bicyclic) bond motifs is 3. The average molecular weight is 407 g/mol. The Morgan fingerprint density at radius 3 is 2.83 bits per heavy atom. The molecule has 1 spiro atoms. The summed E-state index contributed by atoms with van der Waals surface area (Å²) in [5, 5.41) is 5.63. The van der Waals surface area contributed by atoms with Crippen molar-refractivity contribution in [2.45, 2.75) is 37.8 Å². The second-order valence-electron chi connectivity index (χ2n) is 7.75. The summed E-state index contributed by atoms with van der Waals surface area (Å²) >= 11 is 0. The molecule has 8 heteroatoms. The lowest BCUT2D eigenvalue weighted by atomic mass is 9.76. The molecular weight excluding hydrogens is 386 g/mol. The zero-order valence-electron chi connectivity index (χ0n) is 16.4. The fraction of sp³-hybridized carbons (Fsp3) is 0.318. The van der Waals surface area contributed by atoms with Gasteiger partial charge in [0.1, 0.15) is 11.6 Å². The Morgan fingerprint density at radius 1 is 1.17 bits per heavy atom. The number of benzene rings is 2. The predicted octanol–water partition coefficient (Wildman–Crippen LogP) is 2.53. The maximum Gasteiger partial charge on any atom is 0.326 e. The van der Waals surface area contributed by atoms with Crippen LogP contribution in [-0.2, 0) is 21.5 Å². The topological polar surface area (TPSA) is 97.0 Å². The highest BCUT2D eigenvalue weighted by atomic mass is 16.7. The molecule has 2 aliphatic heterocycles.